The fourth-order valence-electron chi connectivity index (χ4n) is 2.61. The van der Waals surface area contributed by atoms with Gasteiger partial charge in [-0.3, -0.25) is 19.2 Å². The van der Waals surface area contributed by atoms with Gasteiger partial charge < -0.3 is 32.5 Å². The summed E-state index contributed by atoms with van der Waals surface area (Å²) in [6, 6.07) is -4.23. The molecule has 0 aliphatic heterocycles. The predicted octanol–water partition coefficient (Wildman–Crippen LogP) is -1.01. The zero-order chi connectivity index (χ0) is 25.4. The number of carbonyl (C=O) groups is 5. The normalized spacial score (nSPS) is 14.4. The van der Waals surface area contributed by atoms with E-state index in [-0.39, 0.29) is 6.42 Å². The smallest absolute Gasteiger partial charge is 0.326 e. The second kappa shape index (κ2) is 17.8. The Kier molecular flexibility index (Phi) is 16.9. The van der Waals surface area contributed by atoms with E-state index in [0.29, 0.717) is 30.1 Å². The summed E-state index contributed by atoms with van der Waals surface area (Å²) in [5.41, 5.74) is 10.9. The second-order valence-corrected chi connectivity index (χ2v) is 10.1. The van der Waals surface area contributed by atoms with Crippen LogP contribution in [-0.4, -0.2) is 94.9 Å². The van der Waals surface area contributed by atoms with E-state index in [1.54, 1.807) is 11.8 Å². The molecule has 4 unspecified atom stereocenters. The van der Waals surface area contributed by atoms with Crippen LogP contribution in [0.1, 0.15) is 25.7 Å². The van der Waals surface area contributed by atoms with Crippen molar-refractivity contribution in [2.45, 2.75) is 49.9 Å². The van der Waals surface area contributed by atoms with Crippen molar-refractivity contribution < 1.29 is 29.1 Å². The van der Waals surface area contributed by atoms with E-state index in [2.05, 4.69) is 16.0 Å². The minimum absolute atomic E-state index is 0.220. The molecule has 0 aromatic rings. The summed E-state index contributed by atoms with van der Waals surface area (Å²) < 4.78 is 0. The van der Waals surface area contributed by atoms with Gasteiger partial charge in [-0.1, -0.05) is 0 Å². The van der Waals surface area contributed by atoms with Gasteiger partial charge in [-0.05, 0) is 55.3 Å². The lowest BCUT2D eigenvalue weighted by Gasteiger charge is -2.25. The van der Waals surface area contributed by atoms with Crippen molar-refractivity contribution in [2.24, 2.45) is 11.5 Å². The van der Waals surface area contributed by atoms with Crippen LogP contribution >= 0.6 is 35.3 Å². The summed E-state index contributed by atoms with van der Waals surface area (Å²) in [5.74, 6) is -2.29. The van der Waals surface area contributed by atoms with Crippen molar-refractivity contribution in [1.29, 1.82) is 0 Å². The molecule has 0 heterocycles. The molecule has 0 bridgehead atoms. The molecule has 14 heteroatoms. The number of carbonyl (C=O) groups excluding carboxylic acids is 4. The molecule has 0 rings (SSSR count). The van der Waals surface area contributed by atoms with Crippen LogP contribution < -0.4 is 27.4 Å². The largest absolute Gasteiger partial charge is 0.480 e. The van der Waals surface area contributed by atoms with E-state index >= 15 is 0 Å². The number of amides is 4. The minimum Gasteiger partial charge on any atom is -0.480 e. The summed E-state index contributed by atoms with van der Waals surface area (Å²) in [6.07, 6.45) is 6.01. The average molecular weight is 526 g/mol. The molecule has 11 nitrogen and oxygen atoms in total. The van der Waals surface area contributed by atoms with Crippen LogP contribution in [0.4, 0.5) is 0 Å². The van der Waals surface area contributed by atoms with Crippen molar-refractivity contribution in [1.82, 2.24) is 16.0 Å². The zero-order valence-corrected chi connectivity index (χ0v) is 21.6. The minimum atomic E-state index is -1.51. The van der Waals surface area contributed by atoms with Gasteiger partial charge in [0.05, 0.1) is 12.5 Å². The van der Waals surface area contributed by atoms with Gasteiger partial charge in [-0.2, -0.15) is 35.3 Å². The maximum atomic E-state index is 12.9. The van der Waals surface area contributed by atoms with Gasteiger partial charge in [0.1, 0.15) is 18.1 Å². The van der Waals surface area contributed by atoms with Crippen molar-refractivity contribution in [2.75, 3.05) is 36.0 Å². The number of carboxylic acids is 1. The first-order valence-corrected chi connectivity index (χ1v) is 14.4. The van der Waals surface area contributed by atoms with Crippen LogP contribution in [0, 0.1) is 0 Å². The molecule has 33 heavy (non-hydrogen) atoms. The Morgan fingerprint density at radius 1 is 0.727 bits per heavy atom. The Bertz CT molecular complexity index is 670. The van der Waals surface area contributed by atoms with Crippen molar-refractivity contribution >= 4 is 64.9 Å². The molecule has 0 spiro atoms. The standard InChI is InChI=1S/C19H35N5O6S3/c1-31-7-4-11(20)16(26)22-12(5-8-32-2)17(27)23-13(6-9-33-3)18(28)24-14(19(29)30)10-15(21)25/h11-14H,4-10,20H2,1-3H3,(H2,21,25)(H,22,26)(H,23,27)(H,24,28)(H,29,30). The Labute approximate surface area is 207 Å². The fourth-order valence-corrected chi connectivity index (χ4v) is 4.04. The molecule has 0 aromatic heterocycles. The highest BCUT2D eigenvalue weighted by Crippen LogP contribution is 2.07. The Hall–Kier alpha value is -1.64. The number of hydrogen-bond donors (Lipinski definition) is 6. The van der Waals surface area contributed by atoms with E-state index < -0.39 is 60.2 Å². The molecule has 0 saturated heterocycles. The van der Waals surface area contributed by atoms with Gasteiger partial charge in [-0.25, -0.2) is 4.79 Å². The Morgan fingerprint density at radius 3 is 1.52 bits per heavy atom. The molecule has 4 atom stereocenters. The van der Waals surface area contributed by atoms with Crippen LogP contribution in [0.15, 0.2) is 0 Å². The molecule has 0 saturated carbocycles. The lowest BCUT2D eigenvalue weighted by Crippen LogP contribution is -2.57. The third-order valence-electron chi connectivity index (χ3n) is 4.48. The molecule has 8 N–H and O–H groups in total. The van der Waals surface area contributed by atoms with Crippen LogP contribution in [-0.2, 0) is 24.0 Å². The maximum Gasteiger partial charge on any atom is 0.326 e. The van der Waals surface area contributed by atoms with E-state index in [1.165, 1.54) is 23.5 Å². The van der Waals surface area contributed by atoms with E-state index in [9.17, 15) is 29.1 Å². The van der Waals surface area contributed by atoms with Crippen LogP contribution in [0.25, 0.3) is 0 Å². The number of primary amides is 1. The molecule has 4 amide bonds. The van der Waals surface area contributed by atoms with Gasteiger partial charge in [0, 0.05) is 0 Å². The molecule has 0 aromatic carbocycles. The summed E-state index contributed by atoms with van der Waals surface area (Å²) in [5, 5.41) is 16.7. The number of nitrogens with two attached hydrogens (primary N) is 2. The fraction of sp³-hybridized carbons (Fsp3) is 0.737. The third kappa shape index (κ3) is 13.6. The second-order valence-electron chi connectivity index (χ2n) is 7.14. The van der Waals surface area contributed by atoms with E-state index in [1.807, 2.05) is 18.8 Å². The molecular weight excluding hydrogens is 490 g/mol. The lowest BCUT2D eigenvalue weighted by atomic mass is 10.1. The Morgan fingerprint density at radius 2 is 1.12 bits per heavy atom. The quantitative estimate of drug-likeness (QED) is 0.129. The number of carboxylic acid groups (broad SMARTS) is 1. The zero-order valence-electron chi connectivity index (χ0n) is 19.1. The number of rotatable bonds is 18. The van der Waals surface area contributed by atoms with Crippen molar-refractivity contribution in [3.05, 3.63) is 0 Å². The van der Waals surface area contributed by atoms with Gasteiger partial charge in [0.2, 0.25) is 23.6 Å². The first-order chi connectivity index (χ1) is 15.6. The summed E-state index contributed by atoms with van der Waals surface area (Å²) in [6.45, 7) is 0. The predicted molar refractivity (Wildman–Crippen MR) is 134 cm³/mol. The molecule has 0 aliphatic carbocycles. The molecule has 0 fully saturated rings. The number of nitrogens with one attached hydrogen (secondary N) is 3. The first kappa shape index (κ1) is 31.4. The topological polar surface area (TPSA) is 194 Å². The molecular formula is C19H35N5O6S3. The van der Waals surface area contributed by atoms with Crippen LogP contribution in [0.3, 0.4) is 0 Å². The SMILES string of the molecule is CSCCC(N)C(=O)NC(CCSC)C(=O)NC(CCSC)C(=O)NC(CC(N)=O)C(=O)O. The highest BCUT2D eigenvalue weighted by Gasteiger charge is 2.30. The van der Waals surface area contributed by atoms with Crippen LogP contribution in [0.2, 0.25) is 0 Å². The highest BCUT2D eigenvalue weighted by atomic mass is 32.2. The van der Waals surface area contributed by atoms with Gasteiger partial charge in [0.15, 0.2) is 0 Å². The van der Waals surface area contributed by atoms with E-state index in [4.69, 9.17) is 11.5 Å². The third-order valence-corrected chi connectivity index (χ3v) is 6.41. The van der Waals surface area contributed by atoms with Gasteiger partial charge in [0.25, 0.3) is 0 Å². The number of thioether (sulfide) groups is 3. The maximum absolute atomic E-state index is 12.9. The highest BCUT2D eigenvalue weighted by molar-refractivity contribution is 7.98. The van der Waals surface area contributed by atoms with Gasteiger partial charge in [-0.15, -0.1) is 0 Å². The monoisotopic (exact) mass is 525 g/mol. The summed E-state index contributed by atoms with van der Waals surface area (Å²) >= 11 is 4.49. The first-order valence-electron chi connectivity index (χ1n) is 10.2. The van der Waals surface area contributed by atoms with Gasteiger partial charge >= 0.3 is 5.97 Å². The average Bonchev–Trinajstić information content (AvgIpc) is 2.76. The van der Waals surface area contributed by atoms with Crippen LogP contribution in [0.5, 0.6) is 0 Å². The summed E-state index contributed by atoms with van der Waals surface area (Å²) in [4.78, 5) is 60.5. The number of hydrogen-bond acceptors (Lipinski definition) is 9. The van der Waals surface area contributed by atoms with E-state index in [0.717, 1.165) is 0 Å². The Balaban J connectivity index is 5.38. The number of aliphatic carboxylic acids is 1. The lowest BCUT2D eigenvalue weighted by molar-refractivity contribution is -0.143. The molecule has 190 valence electrons. The summed E-state index contributed by atoms with van der Waals surface area (Å²) in [7, 11) is 0. The molecule has 0 aliphatic rings. The van der Waals surface area contributed by atoms with Crippen molar-refractivity contribution in [3.8, 4) is 0 Å². The molecule has 0 radical (unpaired) electrons. The van der Waals surface area contributed by atoms with Crippen molar-refractivity contribution in [3.63, 3.8) is 0 Å².